The summed E-state index contributed by atoms with van der Waals surface area (Å²) in [4.78, 5) is 24.2. The number of rotatable bonds is 15. The molecule has 1 N–H and O–H groups in total. The highest BCUT2D eigenvalue weighted by Gasteiger charge is 2.40. The summed E-state index contributed by atoms with van der Waals surface area (Å²) in [6, 6.07) is 2.97. The fraction of sp³-hybridized carbons (Fsp3) is 0.800. The van der Waals surface area contributed by atoms with Crippen molar-refractivity contribution in [1.29, 1.82) is 0 Å². The summed E-state index contributed by atoms with van der Waals surface area (Å²) in [5.41, 5.74) is 0. The number of carboxylic acids is 1. The van der Waals surface area contributed by atoms with Gasteiger partial charge in [-0.15, -0.1) is 0 Å². The first-order chi connectivity index (χ1) is 12.0. The van der Waals surface area contributed by atoms with Crippen LogP contribution in [-0.2, 0) is 14.3 Å². The van der Waals surface area contributed by atoms with E-state index < -0.39 is 14.0 Å². The Morgan fingerprint density at radius 2 is 1.28 bits per heavy atom. The molecule has 0 bridgehead atoms. The smallest absolute Gasteiger partial charge is 0.330 e. The van der Waals surface area contributed by atoms with E-state index in [1.165, 1.54) is 6.08 Å². The molecular formula is C20H38O4Si. The maximum absolute atomic E-state index is 12.8. The van der Waals surface area contributed by atoms with E-state index in [4.69, 9.17) is 4.74 Å². The van der Waals surface area contributed by atoms with Gasteiger partial charge in [0.05, 0.1) is 14.7 Å². The summed E-state index contributed by atoms with van der Waals surface area (Å²) in [5.74, 6) is -1.39. The van der Waals surface area contributed by atoms with Crippen molar-refractivity contribution in [3.63, 3.8) is 0 Å². The molecule has 0 atom stereocenters. The van der Waals surface area contributed by atoms with Gasteiger partial charge in [-0.05, 0) is 6.42 Å². The predicted molar refractivity (Wildman–Crippen MR) is 106 cm³/mol. The highest BCUT2D eigenvalue weighted by atomic mass is 28.3. The second-order valence-corrected chi connectivity index (χ2v) is 11.6. The van der Waals surface area contributed by atoms with Gasteiger partial charge < -0.3 is 9.84 Å². The summed E-state index contributed by atoms with van der Waals surface area (Å²) in [6.07, 6.45) is 9.32. The lowest BCUT2D eigenvalue weighted by atomic mass is 10.4. The van der Waals surface area contributed by atoms with E-state index in [1.54, 1.807) is 0 Å². The number of ether oxygens (including phenoxy) is 1. The summed E-state index contributed by atoms with van der Waals surface area (Å²) < 4.78 is 5.46. The largest absolute Gasteiger partial charge is 0.478 e. The van der Waals surface area contributed by atoms with Gasteiger partial charge in [0, 0.05) is 11.3 Å². The predicted octanol–water partition coefficient (Wildman–Crippen LogP) is 5.73. The van der Waals surface area contributed by atoms with Crippen molar-refractivity contribution in [3.05, 3.63) is 11.3 Å². The number of unbranched alkanes of at least 4 members (excludes halogenated alkanes) is 4. The molecule has 4 nitrogen and oxygen atoms in total. The Morgan fingerprint density at radius 3 is 1.64 bits per heavy atom. The normalized spacial score (nSPS) is 12.2. The minimum atomic E-state index is -2.17. The molecule has 0 aliphatic carbocycles. The Balaban J connectivity index is 5.73. The lowest BCUT2D eigenvalue weighted by molar-refractivity contribution is -0.139. The minimum Gasteiger partial charge on any atom is -0.478 e. The maximum Gasteiger partial charge on any atom is 0.330 e. The fourth-order valence-electron chi connectivity index (χ4n) is 3.26. The Hall–Kier alpha value is -1.10. The van der Waals surface area contributed by atoms with Crippen molar-refractivity contribution < 1.29 is 19.4 Å². The molecule has 0 saturated carbocycles. The van der Waals surface area contributed by atoms with Crippen LogP contribution < -0.4 is 0 Å². The third-order valence-electron chi connectivity index (χ3n) is 4.82. The highest BCUT2D eigenvalue weighted by Crippen LogP contribution is 2.35. The zero-order valence-corrected chi connectivity index (χ0v) is 17.7. The van der Waals surface area contributed by atoms with E-state index >= 15 is 0 Å². The molecule has 0 spiro atoms. The first kappa shape index (κ1) is 23.9. The molecule has 0 aromatic heterocycles. The molecule has 0 aromatic carbocycles. The van der Waals surface area contributed by atoms with Crippen molar-refractivity contribution in [2.24, 2.45) is 0 Å². The summed E-state index contributed by atoms with van der Waals surface area (Å²) in [7, 11) is -2.17. The molecule has 0 aliphatic rings. The summed E-state index contributed by atoms with van der Waals surface area (Å²) in [5, 5.41) is 9.90. The molecule has 0 heterocycles. The van der Waals surface area contributed by atoms with E-state index in [0.717, 1.165) is 69.5 Å². The zero-order chi connectivity index (χ0) is 19.1. The van der Waals surface area contributed by atoms with E-state index in [9.17, 15) is 14.7 Å². The SMILES string of the molecule is CCCCOC(=O)/C(=C\C(=O)O)[Si](CCCC)(CCCC)CCCC. The van der Waals surface area contributed by atoms with Gasteiger partial charge in [-0.3, -0.25) is 0 Å². The number of aliphatic carboxylic acids is 1. The van der Waals surface area contributed by atoms with E-state index in [1.807, 2.05) is 6.92 Å². The van der Waals surface area contributed by atoms with Crippen LogP contribution in [0.5, 0.6) is 0 Å². The van der Waals surface area contributed by atoms with Crippen LogP contribution in [0.3, 0.4) is 0 Å². The number of carbonyl (C=O) groups is 2. The summed E-state index contributed by atoms with van der Waals surface area (Å²) >= 11 is 0. The minimum absolute atomic E-state index is 0.370. The topological polar surface area (TPSA) is 63.6 Å². The molecule has 0 saturated heterocycles. The zero-order valence-electron chi connectivity index (χ0n) is 16.7. The van der Waals surface area contributed by atoms with Crippen LogP contribution in [0.4, 0.5) is 0 Å². The second-order valence-electron chi connectivity index (χ2n) is 6.98. The van der Waals surface area contributed by atoms with E-state index in [0.29, 0.717) is 11.8 Å². The molecule has 5 heteroatoms. The van der Waals surface area contributed by atoms with Crippen molar-refractivity contribution in [2.75, 3.05) is 6.61 Å². The number of hydrogen-bond acceptors (Lipinski definition) is 3. The average Bonchev–Trinajstić information content (AvgIpc) is 2.59. The van der Waals surface area contributed by atoms with Gasteiger partial charge in [0.2, 0.25) is 0 Å². The van der Waals surface area contributed by atoms with Crippen LogP contribution in [0.2, 0.25) is 18.1 Å². The highest BCUT2D eigenvalue weighted by molar-refractivity contribution is 6.90. The molecule has 0 unspecified atom stereocenters. The molecule has 146 valence electrons. The second kappa shape index (κ2) is 14.1. The monoisotopic (exact) mass is 370 g/mol. The molecule has 0 amide bonds. The molecule has 0 aromatic rings. The van der Waals surface area contributed by atoms with Crippen LogP contribution >= 0.6 is 0 Å². The van der Waals surface area contributed by atoms with E-state index in [2.05, 4.69) is 20.8 Å². The number of carbonyl (C=O) groups excluding carboxylic acids is 1. The maximum atomic E-state index is 12.8. The molecule has 0 aliphatic heterocycles. The summed E-state index contributed by atoms with van der Waals surface area (Å²) in [6.45, 7) is 8.88. The van der Waals surface area contributed by atoms with Crippen molar-refractivity contribution in [1.82, 2.24) is 0 Å². The average molecular weight is 371 g/mol. The fourth-order valence-corrected chi connectivity index (χ4v) is 8.85. The lowest BCUT2D eigenvalue weighted by Gasteiger charge is -2.33. The van der Waals surface area contributed by atoms with Gasteiger partial charge in [0.25, 0.3) is 0 Å². The van der Waals surface area contributed by atoms with Crippen molar-refractivity contribution in [3.8, 4) is 0 Å². The molecular weight excluding hydrogens is 332 g/mol. The van der Waals surface area contributed by atoms with Gasteiger partial charge in [-0.25, -0.2) is 9.59 Å². The Morgan fingerprint density at radius 1 is 0.840 bits per heavy atom. The van der Waals surface area contributed by atoms with Crippen LogP contribution in [0.25, 0.3) is 0 Å². The Kier molecular flexibility index (Phi) is 13.5. The third kappa shape index (κ3) is 9.24. The Labute approximate surface area is 155 Å². The van der Waals surface area contributed by atoms with Crippen molar-refractivity contribution >= 4 is 20.0 Å². The number of hydrogen-bond donors (Lipinski definition) is 1. The van der Waals surface area contributed by atoms with E-state index in [-0.39, 0.29) is 5.97 Å². The van der Waals surface area contributed by atoms with Crippen molar-refractivity contribution in [2.45, 2.75) is 97.2 Å². The van der Waals surface area contributed by atoms with Gasteiger partial charge in [0.15, 0.2) is 0 Å². The van der Waals surface area contributed by atoms with Crippen LogP contribution in [0.15, 0.2) is 11.3 Å². The Bertz CT molecular complexity index is 396. The van der Waals surface area contributed by atoms with Gasteiger partial charge in [-0.2, -0.15) is 0 Å². The van der Waals surface area contributed by atoms with Crippen LogP contribution in [0, 0.1) is 0 Å². The molecule has 0 fully saturated rings. The third-order valence-corrected chi connectivity index (χ3v) is 10.2. The number of esters is 1. The number of carboxylic acid groups (broad SMARTS) is 1. The van der Waals surface area contributed by atoms with Crippen LogP contribution in [-0.4, -0.2) is 31.7 Å². The quantitative estimate of drug-likeness (QED) is 0.173. The molecule has 0 radical (unpaired) electrons. The first-order valence-electron chi connectivity index (χ1n) is 10.1. The van der Waals surface area contributed by atoms with Crippen LogP contribution in [0.1, 0.15) is 79.1 Å². The van der Waals surface area contributed by atoms with Gasteiger partial charge >= 0.3 is 11.9 Å². The first-order valence-corrected chi connectivity index (χ1v) is 12.7. The van der Waals surface area contributed by atoms with Gasteiger partial charge in [0.1, 0.15) is 0 Å². The lowest BCUT2D eigenvalue weighted by Crippen LogP contribution is -2.41. The standard InChI is InChI=1S/C20H38O4Si/c1-5-9-13-24-20(23)18(17-19(21)22)25(14-10-6-2,15-11-7-3)16-12-8-4/h17H,5-16H2,1-4H3,(H,21,22)/b18-17+. The molecule has 25 heavy (non-hydrogen) atoms. The van der Waals surface area contributed by atoms with Gasteiger partial charge in [-0.1, -0.05) is 90.8 Å². The molecule has 0 rings (SSSR count).